The van der Waals surface area contributed by atoms with Gasteiger partial charge in [0.05, 0.1) is 33.1 Å². The smallest absolute Gasteiger partial charge is 0.494 e. The molecule has 0 aliphatic carbocycles. The highest BCUT2D eigenvalue weighted by molar-refractivity contribution is 6.59. The fourth-order valence-electron chi connectivity index (χ4n) is 2.79. The summed E-state index contributed by atoms with van der Waals surface area (Å²) in [6, 6.07) is 6.08. The number of benzene rings is 1. The molecular formula is C18H23BN8O4. The van der Waals surface area contributed by atoms with E-state index in [0.29, 0.717) is 23.0 Å². The molecule has 31 heavy (non-hydrogen) atoms. The molecule has 4 N–H and O–H groups in total. The summed E-state index contributed by atoms with van der Waals surface area (Å²) in [5.41, 5.74) is 6.80. The van der Waals surface area contributed by atoms with Crippen LogP contribution >= 0.6 is 0 Å². The minimum Gasteiger partial charge on any atom is -0.497 e. The van der Waals surface area contributed by atoms with Crippen molar-refractivity contribution in [3.8, 4) is 11.5 Å². The van der Waals surface area contributed by atoms with Gasteiger partial charge in [-0.1, -0.05) is 0 Å². The summed E-state index contributed by atoms with van der Waals surface area (Å²) in [5, 5.41) is 18.3. The van der Waals surface area contributed by atoms with E-state index in [2.05, 4.69) is 25.2 Å². The van der Waals surface area contributed by atoms with Gasteiger partial charge in [-0.3, -0.25) is 14.5 Å². The monoisotopic (exact) mass is 426 g/mol. The number of ether oxygens (including phenoxy) is 2. The Morgan fingerprint density at radius 3 is 2.52 bits per heavy atom. The molecule has 1 aromatic carbocycles. The maximum Gasteiger partial charge on any atom is 0.494 e. The Bertz CT molecular complexity index is 952. The third kappa shape index (κ3) is 5.39. The molecule has 0 saturated heterocycles. The van der Waals surface area contributed by atoms with Crippen molar-refractivity contribution in [3.05, 3.63) is 42.2 Å². The lowest BCUT2D eigenvalue weighted by Gasteiger charge is -2.36. The van der Waals surface area contributed by atoms with Crippen LogP contribution in [0.5, 0.6) is 11.5 Å². The van der Waals surface area contributed by atoms with E-state index in [1.54, 1.807) is 68.8 Å². The lowest BCUT2D eigenvalue weighted by Crippen LogP contribution is -2.61. The Balaban J connectivity index is 1.86. The first-order valence-electron chi connectivity index (χ1n) is 9.31. The van der Waals surface area contributed by atoms with E-state index < -0.39 is 19.1 Å². The third-order valence-corrected chi connectivity index (χ3v) is 4.53. The summed E-state index contributed by atoms with van der Waals surface area (Å²) in [6.45, 7) is 1.62. The number of hydrazone groups is 1. The first-order valence-corrected chi connectivity index (χ1v) is 9.31. The molecule has 1 aliphatic heterocycles. The van der Waals surface area contributed by atoms with E-state index in [-0.39, 0.29) is 12.6 Å². The van der Waals surface area contributed by atoms with Crippen LogP contribution in [0.25, 0.3) is 0 Å². The van der Waals surface area contributed by atoms with Crippen molar-refractivity contribution in [2.75, 3.05) is 26.1 Å². The molecule has 2 aromatic rings. The molecule has 0 amide bonds. The maximum atomic E-state index is 11.6. The number of nitrogens with one attached hydrogen (secondary N) is 1. The van der Waals surface area contributed by atoms with Gasteiger partial charge in [-0.2, -0.15) is 5.10 Å². The van der Waals surface area contributed by atoms with Crippen LogP contribution in [-0.2, 0) is 4.79 Å². The summed E-state index contributed by atoms with van der Waals surface area (Å²) in [7, 11) is 2.33. The van der Waals surface area contributed by atoms with Crippen molar-refractivity contribution < 1.29 is 19.4 Å². The number of methoxy groups -OCH3 is 2. The predicted octanol–water partition coefficient (Wildman–Crippen LogP) is 0.288. The number of hydrogen-bond acceptors (Lipinski definition) is 11. The topological polar surface area (TPSA) is 151 Å². The lowest BCUT2D eigenvalue weighted by atomic mass is 9.88. The Labute approximate surface area is 179 Å². The molecule has 0 spiro atoms. The van der Waals surface area contributed by atoms with Crippen LogP contribution in [0.4, 0.5) is 5.95 Å². The standard InChI is InChI=1S/C18H23BN8O4/c1-12(16(28)29)26-11-27(17(20)24-19(26)25-18-21-5-4-6-22-18)23-10-13-7-14(30-2)9-15(8-13)31-3/h4-10,12H,11H2,1-3H3,(H2,20,24)(H,28,29)(H,21,22,25)/t12-/m1/s1. The van der Waals surface area contributed by atoms with Crippen molar-refractivity contribution in [1.29, 1.82) is 0 Å². The van der Waals surface area contributed by atoms with E-state index in [0.717, 1.165) is 0 Å². The molecule has 0 saturated carbocycles. The first-order chi connectivity index (χ1) is 14.9. The van der Waals surface area contributed by atoms with Crippen molar-refractivity contribution in [2.45, 2.75) is 13.0 Å². The maximum absolute atomic E-state index is 11.6. The zero-order valence-electron chi connectivity index (χ0n) is 17.3. The fourth-order valence-corrected chi connectivity index (χ4v) is 2.79. The van der Waals surface area contributed by atoms with Gasteiger partial charge in [0, 0.05) is 24.0 Å². The SMILES string of the molecule is COc1cc(C=NN2CN([C@H](C)C(=O)O)B(Nc3ncccn3)N=C2N)cc(OC)c1. The van der Waals surface area contributed by atoms with Crippen LogP contribution in [0.1, 0.15) is 12.5 Å². The number of aromatic nitrogens is 2. The van der Waals surface area contributed by atoms with Gasteiger partial charge in [0.1, 0.15) is 11.5 Å². The van der Waals surface area contributed by atoms with Crippen molar-refractivity contribution in [3.63, 3.8) is 0 Å². The van der Waals surface area contributed by atoms with Gasteiger partial charge in [-0.25, -0.2) is 15.0 Å². The summed E-state index contributed by atoms with van der Waals surface area (Å²) in [6.07, 6.45) is 4.69. The van der Waals surface area contributed by atoms with Crippen LogP contribution in [0.3, 0.4) is 0 Å². The highest BCUT2D eigenvalue weighted by Crippen LogP contribution is 2.22. The van der Waals surface area contributed by atoms with Gasteiger partial charge in [0.15, 0.2) is 0 Å². The molecule has 1 aliphatic rings. The van der Waals surface area contributed by atoms with E-state index >= 15 is 0 Å². The summed E-state index contributed by atoms with van der Waals surface area (Å²) in [4.78, 5) is 25.7. The molecule has 0 fully saturated rings. The van der Waals surface area contributed by atoms with E-state index in [4.69, 9.17) is 15.2 Å². The second kappa shape index (κ2) is 9.76. The first kappa shape index (κ1) is 21.8. The van der Waals surface area contributed by atoms with E-state index in [9.17, 15) is 9.90 Å². The van der Waals surface area contributed by atoms with Gasteiger partial charge in [0.2, 0.25) is 11.9 Å². The summed E-state index contributed by atoms with van der Waals surface area (Å²) in [5.74, 6) is 0.599. The number of rotatable bonds is 8. The molecule has 0 unspecified atom stereocenters. The number of carbonyl (C=O) groups is 1. The van der Waals surface area contributed by atoms with Crippen LogP contribution in [-0.4, -0.2) is 77.1 Å². The number of hydrogen-bond donors (Lipinski definition) is 3. The van der Waals surface area contributed by atoms with Crippen molar-refractivity contribution >= 4 is 31.2 Å². The van der Waals surface area contributed by atoms with E-state index in [1.165, 1.54) is 5.01 Å². The highest BCUT2D eigenvalue weighted by Gasteiger charge is 2.38. The van der Waals surface area contributed by atoms with Crippen molar-refractivity contribution in [1.82, 2.24) is 19.8 Å². The van der Waals surface area contributed by atoms with Gasteiger partial charge >= 0.3 is 13.1 Å². The van der Waals surface area contributed by atoms with Gasteiger partial charge in [-0.05, 0) is 25.1 Å². The zero-order valence-corrected chi connectivity index (χ0v) is 17.3. The molecule has 3 rings (SSSR count). The molecule has 1 aromatic heterocycles. The quantitative estimate of drug-likeness (QED) is 0.397. The number of guanidine groups is 1. The summed E-state index contributed by atoms with van der Waals surface area (Å²) >= 11 is 0. The number of carboxylic acid groups (broad SMARTS) is 1. The number of nitrogens with zero attached hydrogens (tertiary/aromatic N) is 6. The number of carboxylic acids is 1. The third-order valence-electron chi connectivity index (χ3n) is 4.53. The highest BCUT2D eigenvalue weighted by atomic mass is 16.5. The molecular weight excluding hydrogens is 403 g/mol. The Morgan fingerprint density at radius 1 is 1.29 bits per heavy atom. The van der Waals surface area contributed by atoms with Crippen LogP contribution in [0.2, 0.25) is 0 Å². The minimum atomic E-state index is -1.02. The Hall–Kier alpha value is -3.87. The second-order valence-electron chi connectivity index (χ2n) is 6.54. The van der Waals surface area contributed by atoms with Gasteiger partial charge in [-0.15, -0.1) is 0 Å². The average molecular weight is 426 g/mol. The summed E-state index contributed by atoms with van der Waals surface area (Å²) < 4.78 is 10.5. The molecule has 0 radical (unpaired) electrons. The lowest BCUT2D eigenvalue weighted by molar-refractivity contribution is -0.141. The number of anilines is 1. The van der Waals surface area contributed by atoms with Crippen LogP contribution in [0, 0.1) is 0 Å². The molecule has 12 nitrogen and oxygen atoms in total. The predicted molar refractivity (Wildman–Crippen MR) is 116 cm³/mol. The molecule has 1 atom stereocenters. The second-order valence-corrected chi connectivity index (χ2v) is 6.54. The molecule has 2 heterocycles. The van der Waals surface area contributed by atoms with Crippen LogP contribution < -0.4 is 20.4 Å². The zero-order chi connectivity index (χ0) is 22.4. The Morgan fingerprint density at radius 2 is 1.94 bits per heavy atom. The Kier molecular flexibility index (Phi) is 6.87. The fraction of sp³-hybridized carbons (Fsp3) is 0.278. The normalized spacial score (nSPS) is 15.5. The molecule has 162 valence electrons. The average Bonchev–Trinajstić information content (AvgIpc) is 2.78. The van der Waals surface area contributed by atoms with E-state index in [1.807, 2.05) is 0 Å². The van der Waals surface area contributed by atoms with Gasteiger partial charge < -0.3 is 25.5 Å². The largest absolute Gasteiger partial charge is 0.497 e. The number of aliphatic carboxylic acids is 1. The number of nitrogens with two attached hydrogens (primary N) is 1. The van der Waals surface area contributed by atoms with Crippen molar-refractivity contribution in [2.24, 2.45) is 15.7 Å². The minimum absolute atomic E-state index is 0.0743. The van der Waals surface area contributed by atoms with Gasteiger partial charge in [0.25, 0.3) is 0 Å². The molecule has 0 bridgehead atoms. The van der Waals surface area contributed by atoms with Crippen LogP contribution in [0.15, 0.2) is 46.7 Å². The molecule has 13 heteroatoms.